The smallest absolute Gasteiger partial charge is 0.268 e. The van der Waals surface area contributed by atoms with Gasteiger partial charge in [0.15, 0.2) is 0 Å². The molecule has 0 radical (unpaired) electrons. The van der Waals surface area contributed by atoms with Gasteiger partial charge in [-0.25, -0.2) is 0 Å². The summed E-state index contributed by atoms with van der Waals surface area (Å²) in [5, 5.41) is 15.1. The number of H-pyrrole nitrogens is 1. The van der Waals surface area contributed by atoms with E-state index in [0.29, 0.717) is 28.4 Å². The molecule has 9 heteroatoms. The number of anilines is 1. The first-order valence-corrected chi connectivity index (χ1v) is 12.7. The highest BCUT2D eigenvalue weighted by Gasteiger charge is 2.19. The highest BCUT2D eigenvalue weighted by molar-refractivity contribution is 6.05. The van der Waals surface area contributed by atoms with E-state index >= 15 is 0 Å². The van der Waals surface area contributed by atoms with E-state index in [1.165, 1.54) is 0 Å². The molecule has 0 unspecified atom stereocenters. The van der Waals surface area contributed by atoms with Crippen LogP contribution in [0.25, 0.3) is 27.7 Å². The van der Waals surface area contributed by atoms with E-state index < -0.39 is 5.91 Å². The van der Waals surface area contributed by atoms with Gasteiger partial charge in [0, 0.05) is 46.8 Å². The first-order valence-electron chi connectivity index (χ1n) is 12.7. The number of para-hydroxylation sites is 1. The Morgan fingerprint density at radius 3 is 2.48 bits per heavy atom. The molecule has 0 saturated heterocycles. The maximum Gasteiger partial charge on any atom is 0.268 e. The van der Waals surface area contributed by atoms with Gasteiger partial charge in [-0.1, -0.05) is 18.2 Å². The zero-order valence-corrected chi connectivity index (χ0v) is 22.2. The molecule has 0 aliphatic heterocycles. The summed E-state index contributed by atoms with van der Waals surface area (Å²) in [6, 6.07) is 22.1. The maximum atomic E-state index is 13.4. The summed E-state index contributed by atoms with van der Waals surface area (Å²) in [6.45, 7) is 3.62. The summed E-state index contributed by atoms with van der Waals surface area (Å²) in [6.07, 6.45) is 5.34. The number of pyridine rings is 1. The number of rotatable bonds is 6. The number of benzene rings is 3. The minimum Gasteiger partial charge on any atom is -0.457 e. The number of amides is 1. The third-order valence-electron chi connectivity index (χ3n) is 6.83. The molecule has 0 aliphatic carbocycles. The van der Waals surface area contributed by atoms with E-state index in [2.05, 4.69) is 20.6 Å². The summed E-state index contributed by atoms with van der Waals surface area (Å²) < 4.78 is 9.63. The van der Waals surface area contributed by atoms with Crippen LogP contribution < -0.4 is 15.6 Å². The number of aromatic amines is 1. The van der Waals surface area contributed by atoms with Crippen molar-refractivity contribution < 1.29 is 9.53 Å². The number of nitrogens with zero attached hydrogens (tertiary/aromatic N) is 4. The van der Waals surface area contributed by atoms with Gasteiger partial charge in [-0.05, 0) is 74.0 Å². The van der Waals surface area contributed by atoms with Crippen molar-refractivity contribution in [2.45, 2.75) is 13.8 Å². The van der Waals surface area contributed by atoms with Crippen molar-refractivity contribution in [2.24, 2.45) is 7.05 Å². The fourth-order valence-electron chi connectivity index (χ4n) is 4.88. The van der Waals surface area contributed by atoms with Crippen molar-refractivity contribution in [3.8, 4) is 28.3 Å². The van der Waals surface area contributed by atoms with Gasteiger partial charge in [-0.2, -0.15) is 10.2 Å². The van der Waals surface area contributed by atoms with Crippen LogP contribution in [0, 0.1) is 13.8 Å². The van der Waals surface area contributed by atoms with Gasteiger partial charge in [0.05, 0.1) is 17.9 Å². The van der Waals surface area contributed by atoms with Crippen LogP contribution >= 0.6 is 0 Å². The standard InChI is InChI=1S/C31H26N6O3/c1-19-13-20(2)37(24-7-5-4-6-8-24)31(39)29(19)30(38)35-23-9-11-25(12-10-23)40-28-14-21-18-34-36(3)27(21)15-26(28)22-16-32-33-17-22/h4-18H,1-3H3,(H,32,33)(H,35,38). The van der Waals surface area contributed by atoms with Gasteiger partial charge in [0.2, 0.25) is 0 Å². The first kappa shape index (κ1) is 24.9. The van der Waals surface area contributed by atoms with Crippen molar-refractivity contribution in [1.29, 1.82) is 0 Å². The average Bonchev–Trinajstić information content (AvgIpc) is 3.60. The average molecular weight is 531 g/mol. The summed E-state index contributed by atoms with van der Waals surface area (Å²) in [7, 11) is 1.89. The lowest BCUT2D eigenvalue weighted by Crippen LogP contribution is -2.31. The Balaban J connectivity index is 1.26. The van der Waals surface area contributed by atoms with E-state index in [0.717, 1.165) is 27.7 Å². The molecular formula is C31H26N6O3. The molecule has 3 aromatic heterocycles. The van der Waals surface area contributed by atoms with Gasteiger partial charge in [0.25, 0.3) is 11.5 Å². The van der Waals surface area contributed by atoms with Crippen LogP contribution in [0.1, 0.15) is 21.6 Å². The third-order valence-corrected chi connectivity index (χ3v) is 6.83. The predicted octanol–water partition coefficient (Wildman–Crippen LogP) is 5.78. The van der Waals surface area contributed by atoms with Crippen molar-refractivity contribution in [1.82, 2.24) is 24.5 Å². The Kier molecular flexibility index (Phi) is 6.24. The van der Waals surface area contributed by atoms with Crippen LogP contribution in [0.4, 0.5) is 5.69 Å². The normalized spacial score (nSPS) is 11.1. The molecular weight excluding hydrogens is 504 g/mol. The first-order chi connectivity index (χ1) is 19.4. The molecule has 0 aliphatic rings. The number of ether oxygens (including phenoxy) is 1. The molecule has 0 bridgehead atoms. The Hall–Kier alpha value is -5.44. The molecule has 0 spiro atoms. The fourth-order valence-corrected chi connectivity index (χ4v) is 4.88. The Labute approximate surface area is 229 Å². The van der Waals surface area contributed by atoms with Gasteiger partial charge in [0.1, 0.15) is 17.1 Å². The molecule has 1 amide bonds. The molecule has 0 saturated carbocycles. The van der Waals surface area contributed by atoms with E-state index in [1.54, 1.807) is 48.1 Å². The minimum atomic E-state index is -0.467. The zero-order valence-electron chi connectivity index (χ0n) is 22.2. The number of aryl methyl sites for hydroxylation is 3. The number of carbonyl (C=O) groups is 1. The van der Waals surface area contributed by atoms with Crippen LogP contribution in [-0.4, -0.2) is 30.5 Å². The number of hydrogen-bond acceptors (Lipinski definition) is 5. The van der Waals surface area contributed by atoms with Gasteiger partial charge in [-0.15, -0.1) is 0 Å². The predicted molar refractivity (Wildman–Crippen MR) is 154 cm³/mol. The Bertz CT molecular complexity index is 1900. The van der Waals surface area contributed by atoms with Crippen molar-refractivity contribution >= 4 is 22.5 Å². The van der Waals surface area contributed by atoms with E-state index in [4.69, 9.17) is 4.74 Å². The Morgan fingerprint density at radius 2 is 1.75 bits per heavy atom. The monoisotopic (exact) mass is 530 g/mol. The summed E-state index contributed by atoms with van der Waals surface area (Å²) in [4.78, 5) is 26.7. The van der Waals surface area contributed by atoms with Crippen LogP contribution in [-0.2, 0) is 7.05 Å². The second-order valence-electron chi connectivity index (χ2n) is 9.56. The number of aromatic nitrogens is 5. The molecule has 0 fully saturated rings. The van der Waals surface area contributed by atoms with Gasteiger partial charge >= 0.3 is 0 Å². The van der Waals surface area contributed by atoms with Crippen molar-refractivity contribution in [3.05, 3.63) is 119 Å². The molecule has 2 N–H and O–H groups in total. The fraction of sp³-hybridized carbons (Fsp3) is 0.0968. The van der Waals surface area contributed by atoms with Crippen LogP contribution in [0.5, 0.6) is 11.5 Å². The lowest BCUT2D eigenvalue weighted by molar-refractivity contribution is 0.102. The maximum absolute atomic E-state index is 13.4. The Morgan fingerprint density at radius 1 is 0.975 bits per heavy atom. The SMILES string of the molecule is Cc1cc(C)n(-c2ccccc2)c(=O)c1C(=O)Nc1ccc(Oc2cc3cnn(C)c3cc2-c2cn[nH]c2)cc1. The summed E-state index contributed by atoms with van der Waals surface area (Å²) >= 11 is 0. The summed E-state index contributed by atoms with van der Waals surface area (Å²) in [5.74, 6) is 0.768. The highest BCUT2D eigenvalue weighted by Crippen LogP contribution is 2.36. The molecule has 0 atom stereocenters. The third kappa shape index (κ3) is 4.54. The number of carbonyl (C=O) groups excluding carboxylic acids is 1. The molecule has 9 nitrogen and oxygen atoms in total. The quantitative estimate of drug-likeness (QED) is 0.284. The van der Waals surface area contributed by atoms with Gasteiger partial charge < -0.3 is 10.1 Å². The largest absolute Gasteiger partial charge is 0.457 e. The molecule has 3 heterocycles. The molecule has 198 valence electrons. The lowest BCUT2D eigenvalue weighted by Gasteiger charge is -2.15. The molecule has 40 heavy (non-hydrogen) atoms. The van der Waals surface area contributed by atoms with Crippen LogP contribution in [0.15, 0.2) is 96.2 Å². The number of hydrogen-bond donors (Lipinski definition) is 2. The van der Waals surface area contributed by atoms with Crippen LogP contribution in [0.3, 0.4) is 0 Å². The zero-order chi connectivity index (χ0) is 27.8. The van der Waals surface area contributed by atoms with E-state index in [1.807, 2.05) is 73.4 Å². The van der Waals surface area contributed by atoms with E-state index in [9.17, 15) is 9.59 Å². The number of fused-ring (bicyclic) bond motifs is 1. The van der Waals surface area contributed by atoms with Crippen LogP contribution in [0.2, 0.25) is 0 Å². The van der Waals surface area contributed by atoms with Gasteiger partial charge in [-0.3, -0.25) is 23.9 Å². The second-order valence-corrected chi connectivity index (χ2v) is 9.56. The van der Waals surface area contributed by atoms with Crippen molar-refractivity contribution in [2.75, 3.05) is 5.32 Å². The topological polar surface area (TPSA) is 107 Å². The second kappa shape index (κ2) is 10.0. The highest BCUT2D eigenvalue weighted by atomic mass is 16.5. The number of nitrogens with one attached hydrogen (secondary N) is 2. The minimum absolute atomic E-state index is 0.101. The molecule has 6 rings (SSSR count). The lowest BCUT2D eigenvalue weighted by atomic mass is 10.1. The molecule has 6 aromatic rings. The van der Waals surface area contributed by atoms with E-state index in [-0.39, 0.29) is 11.1 Å². The van der Waals surface area contributed by atoms with Crippen molar-refractivity contribution in [3.63, 3.8) is 0 Å². The molecule has 3 aromatic carbocycles. The summed E-state index contributed by atoms with van der Waals surface area (Å²) in [5.41, 5.74) is 5.09.